The first-order valence-electron chi connectivity index (χ1n) is 13.6. The number of anilines is 3. The van der Waals surface area contributed by atoms with Gasteiger partial charge in [-0.3, -0.25) is 9.59 Å². The fourth-order valence-electron chi connectivity index (χ4n) is 6.53. The molecule has 0 amide bonds. The molecule has 194 valence electrons. The van der Waals surface area contributed by atoms with E-state index in [4.69, 9.17) is 10.5 Å². The number of ether oxygens (including phenoxy) is 1. The highest BCUT2D eigenvalue weighted by atomic mass is 16.5. The minimum absolute atomic E-state index is 0.00124. The van der Waals surface area contributed by atoms with Gasteiger partial charge in [0.1, 0.15) is 6.10 Å². The van der Waals surface area contributed by atoms with E-state index in [1.54, 1.807) is 30.3 Å². The van der Waals surface area contributed by atoms with Crippen molar-refractivity contribution in [2.24, 2.45) is 11.8 Å². The Morgan fingerprint density at radius 3 is 2.24 bits per heavy atom. The Balaban J connectivity index is 1.39. The predicted molar refractivity (Wildman–Crippen MR) is 147 cm³/mol. The molecule has 3 aromatic rings. The van der Waals surface area contributed by atoms with Gasteiger partial charge in [0.2, 0.25) is 0 Å². The summed E-state index contributed by atoms with van der Waals surface area (Å²) in [6, 6.07) is 16.0. The molecule has 3 aliphatic rings. The Hall–Kier alpha value is -3.93. The topological polar surface area (TPSA) is 98.5 Å². The monoisotopic (exact) mass is 508 g/mol. The summed E-state index contributed by atoms with van der Waals surface area (Å²) < 4.78 is 6.01. The van der Waals surface area contributed by atoms with Gasteiger partial charge in [0.05, 0.1) is 28.1 Å². The lowest BCUT2D eigenvalue weighted by Crippen LogP contribution is -2.33. The summed E-state index contributed by atoms with van der Waals surface area (Å²) in [7, 11) is 0. The zero-order chi connectivity index (χ0) is 26.4. The van der Waals surface area contributed by atoms with Gasteiger partial charge in [-0.25, -0.2) is 4.79 Å². The van der Waals surface area contributed by atoms with Gasteiger partial charge in [0.15, 0.2) is 11.6 Å². The zero-order valence-electron chi connectivity index (χ0n) is 21.6. The first-order chi connectivity index (χ1) is 18.4. The fraction of sp³-hybridized carbons (Fsp3) is 0.344. The van der Waals surface area contributed by atoms with Crippen molar-refractivity contribution in [3.8, 4) is 0 Å². The first kappa shape index (κ1) is 24.4. The Kier molecular flexibility index (Phi) is 6.26. The number of benzene rings is 3. The van der Waals surface area contributed by atoms with Gasteiger partial charge in [-0.15, -0.1) is 0 Å². The number of hydrogen-bond donors (Lipinski definition) is 2. The number of ketones is 2. The fourth-order valence-corrected chi connectivity index (χ4v) is 6.53. The molecular weight excluding hydrogens is 476 g/mol. The Labute approximate surface area is 222 Å². The van der Waals surface area contributed by atoms with Crippen molar-refractivity contribution >= 4 is 34.6 Å². The normalized spacial score (nSPS) is 22.2. The van der Waals surface area contributed by atoms with Crippen LogP contribution in [0.1, 0.15) is 92.7 Å². The Morgan fingerprint density at radius 2 is 1.53 bits per heavy atom. The SMILES string of the molecule is Cc1ccc(Nc2cc(C(=O)OC3CCC4CCCCC4C3)c(N)c3c2C(=O)c2ccccc2C3=O)cc1. The van der Waals surface area contributed by atoms with Crippen molar-refractivity contribution in [3.05, 3.63) is 88.0 Å². The van der Waals surface area contributed by atoms with E-state index >= 15 is 0 Å². The van der Waals surface area contributed by atoms with Crippen molar-refractivity contribution in [2.75, 3.05) is 11.1 Å². The quantitative estimate of drug-likeness (QED) is 0.238. The van der Waals surface area contributed by atoms with E-state index in [0.717, 1.165) is 36.4 Å². The average Bonchev–Trinajstić information content (AvgIpc) is 2.93. The van der Waals surface area contributed by atoms with Crippen LogP contribution in [0.2, 0.25) is 0 Å². The molecule has 3 atom stereocenters. The van der Waals surface area contributed by atoms with Gasteiger partial charge in [0.25, 0.3) is 0 Å². The van der Waals surface area contributed by atoms with Crippen LogP contribution in [0.4, 0.5) is 17.1 Å². The molecule has 0 radical (unpaired) electrons. The second-order valence-electron chi connectivity index (χ2n) is 11.0. The molecule has 3 N–H and O–H groups in total. The van der Waals surface area contributed by atoms with E-state index in [1.165, 1.54) is 25.7 Å². The van der Waals surface area contributed by atoms with Crippen molar-refractivity contribution < 1.29 is 19.1 Å². The van der Waals surface area contributed by atoms with Gasteiger partial charge in [-0.05, 0) is 56.2 Å². The number of carbonyl (C=O) groups excluding carboxylic acids is 3. The van der Waals surface area contributed by atoms with E-state index in [2.05, 4.69) is 5.32 Å². The van der Waals surface area contributed by atoms with Crippen LogP contribution in [0.5, 0.6) is 0 Å². The van der Waals surface area contributed by atoms with E-state index in [0.29, 0.717) is 22.7 Å². The van der Waals surface area contributed by atoms with Crippen molar-refractivity contribution in [1.82, 2.24) is 0 Å². The highest BCUT2D eigenvalue weighted by molar-refractivity contribution is 6.32. The minimum atomic E-state index is -0.546. The summed E-state index contributed by atoms with van der Waals surface area (Å²) in [6.07, 6.45) is 7.64. The van der Waals surface area contributed by atoms with E-state index < -0.39 is 5.97 Å². The van der Waals surface area contributed by atoms with Crippen LogP contribution < -0.4 is 11.1 Å². The lowest BCUT2D eigenvalue weighted by molar-refractivity contribution is -0.000834. The van der Waals surface area contributed by atoms with Crippen molar-refractivity contribution in [2.45, 2.75) is 58.0 Å². The third-order valence-corrected chi connectivity index (χ3v) is 8.55. The van der Waals surface area contributed by atoms with E-state index in [1.807, 2.05) is 31.2 Å². The summed E-state index contributed by atoms with van der Waals surface area (Å²) in [5, 5.41) is 3.27. The molecular formula is C32H32N2O4. The van der Waals surface area contributed by atoms with Gasteiger partial charge in [0, 0.05) is 16.8 Å². The molecule has 0 saturated heterocycles. The minimum Gasteiger partial charge on any atom is -0.459 e. The number of hydrogen-bond acceptors (Lipinski definition) is 6. The molecule has 0 aliphatic heterocycles. The highest BCUT2D eigenvalue weighted by Crippen LogP contribution is 2.42. The van der Waals surface area contributed by atoms with Gasteiger partial charge in [-0.1, -0.05) is 67.6 Å². The maximum Gasteiger partial charge on any atom is 0.340 e. The number of rotatable bonds is 4. The van der Waals surface area contributed by atoms with E-state index in [-0.39, 0.29) is 40.0 Å². The first-order valence-corrected chi connectivity index (χ1v) is 13.6. The van der Waals surface area contributed by atoms with Gasteiger partial charge >= 0.3 is 5.97 Å². The molecule has 2 saturated carbocycles. The molecule has 6 nitrogen and oxygen atoms in total. The molecule has 3 unspecified atom stereocenters. The summed E-state index contributed by atoms with van der Waals surface area (Å²) in [5.74, 6) is 0.131. The number of esters is 1. The number of fused-ring (bicyclic) bond motifs is 3. The highest BCUT2D eigenvalue weighted by Gasteiger charge is 2.37. The van der Waals surface area contributed by atoms with Gasteiger partial charge in [-0.2, -0.15) is 0 Å². The van der Waals surface area contributed by atoms with Gasteiger partial charge < -0.3 is 15.8 Å². The molecule has 0 heterocycles. The molecule has 6 rings (SSSR count). The largest absolute Gasteiger partial charge is 0.459 e. The summed E-state index contributed by atoms with van der Waals surface area (Å²) in [5.41, 5.74) is 9.68. The molecule has 3 aliphatic carbocycles. The van der Waals surface area contributed by atoms with Crippen molar-refractivity contribution in [1.29, 1.82) is 0 Å². The number of carbonyl (C=O) groups is 3. The predicted octanol–water partition coefficient (Wildman–Crippen LogP) is 6.61. The number of nitrogens with one attached hydrogen (secondary N) is 1. The maximum absolute atomic E-state index is 13.6. The molecule has 6 heteroatoms. The average molecular weight is 509 g/mol. The van der Waals surface area contributed by atoms with Crippen LogP contribution in [-0.4, -0.2) is 23.6 Å². The Bertz CT molecular complexity index is 1440. The molecule has 2 fully saturated rings. The number of aryl methyl sites for hydroxylation is 1. The molecule has 0 spiro atoms. The summed E-state index contributed by atoms with van der Waals surface area (Å²) >= 11 is 0. The zero-order valence-corrected chi connectivity index (χ0v) is 21.6. The van der Waals surface area contributed by atoms with Crippen LogP contribution in [0.25, 0.3) is 0 Å². The van der Waals surface area contributed by atoms with Crippen LogP contribution >= 0.6 is 0 Å². The van der Waals surface area contributed by atoms with Crippen LogP contribution in [0.3, 0.4) is 0 Å². The second-order valence-corrected chi connectivity index (χ2v) is 11.0. The molecule has 0 bridgehead atoms. The molecule has 3 aromatic carbocycles. The smallest absolute Gasteiger partial charge is 0.340 e. The number of nitrogen functional groups attached to an aromatic ring is 1. The van der Waals surface area contributed by atoms with E-state index in [9.17, 15) is 14.4 Å². The van der Waals surface area contributed by atoms with Crippen LogP contribution in [0.15, 0.2) is 54.6 Å². The third-order valence-electron chi connectivity index (χ3n) is 8.55. The lowest BCUT2D eigenvalue weighted by atomic mass is 9.70. The standard InChI is InChI=1S/C32H32N2O4/c1-18-10-13-21(14-11-18)34-26-17-25(32(37)38-22-15-12-19-6-2-3-7-20(19)16-22)29(33)28-27(26)30(35)23-8-4-5-9-24(23)31(28)36/h4-5,8-11,13-14,17,19-20,22,34H,2-3,6-7,12,15-16,33H2,1H3. The van der Waals surface area contributed by atoms with Crippen LogP contribution in [0, 0.1) is 18.8 Å². The van der Waals surface area contributed by atoms with Crippen molar-refractivity contribution in [3.63, 3.8) is 0 Å². The Morgan fingerprint density at radius 1 is 0.868 bits per heavy atom. The molecule has 38 heavy (non-hydrogen) atoms. The number of nitrogens with two attached hydrogens (primary N) is 1. The summed E-state index contributed by atoms with van der Waals surface area (Å²) in [4.78, 5) is 40.8. The third kappa shape index (κ3) is 4.28. The second kappa shape index (κ2) is 9.75. The van der Waals surface area contributed by atoms with Crippen LogP contribution in [-0.2, 0) is 4.74 Å². The maximum atomic E-state index is 13.6. The summed E-state index contributed by atoms with van der Waals surface area (Å²) in [6.45, 7) is 1.99. The molecule has 0 aromatic heterocycles. The lowest BCUT2D eigenvalue weighted by Gasteiger charge is -2.38.